The number of anilines is 1. The van der Waals surface area contributed by atoms with Crippen LogP contribution in [0.1, 0.15) is 58.8 Å². The summed E-state index contributed by atoms with van der Waals surface area (Å²) in [6, 6.07) is 3.72. The first-order valence-corrected chi connectivity index (χ1v) is 11.1. The molecule has 0 spiro atoms. The number of rotatable bonds is 5. The highest BCUT2D eigenvalue weighted by Crippen LogP contribution is 2.37. The van der Waals surface area contributed by atoms with Crippen LogP contribution in [0.3, 0.4) is 0 Å². The van der Waals surface area contributed by atoms with E-state index in [2.05, 4.69) is 15.6 Å². The quantitative estimate of drug-likeness (QED) is 0.752. The fourth-order valence-corrected chi connectivity index (χ4v) is 4.47. The number of ether oxygens (including phenoxy) is 1. The number of hydrogen-bond donors (Lipinski definition) is 2. The second-order valence-corrected chi connectivity index (χ2v) is 8.61. The Morgan fingerprint density at radius 1 is 1.25 bits per heavy atom. The van der Waals surface area contributed by atoms with E-state index in [9.17, 15) is 14.4 Å². The molecule has 8 heteroatoms. The summed E-state index contributed by atoms with van der Waals surface area (Å²) in [6.07, 6.45) is 9.23. The second-order valence-electron chi connectivity index (χ2n) is 8.61. The molecule has 2 amide bonds. The molecule has 166 valence electrons. The van der Waals surface area contributed by atoms with Gasteiger partial charge in [-0.05, 0) is 55.0 Å². The number of pyridine rings is 2. The van der Waals surface area contributed by atoms with Gasteiger partial charge in [0.15, 0.2) is 0 Å². The topological polar surface area (TPSA) is 102 Å². The van der Waals surface area contributed by atoms with Crippen molar-refractivity contribution >= 4 is 29.3 Å². The molecule has 2 aliphatic carbocycles. The Hall–Kier alpha value is -3.26. The lowest BCUT2D eigenvalue weighted by Crippen LogP contribution is -2.31. The van der Waals surface area contributed by atoms with E-state index in [1.165, 1.54) is 6.20 Å². The lowest BCUT2D eigenvalue weighted by Gasteiger charge is -2.24. The van der Waals surface area contributed by atoms with E-state index >= 15 is 0 Å². The van der Waals surface area contributed by atoms with Crippen molar-refractivity contribution in [3.63, 3.8) is 0 Å². The van der Waals surface area contributed by atoms with Gasteiger partial charge in [0.1, 0.15) is 5.82 Å². The van der Waals surface area contributed by atoms with Crippen molar-refractivity contribution < 1.29 is 14.3 Å². The molecule has 5 rings (SSSR count). The zero-order chi connectivity index (χ0) is 22.2. The van der Waals surface area contributed by atoms with Crippen LogP contribution in [0, 0.1) is 5.92 Å². The van der Waals surface area contributed by atoms with Crippen molar-refractivity contribution in [3.8, 4) is 0 Å². The minimum Gasteiger partial charge on any atom is -0.379 e. The van der Waals surface area contributed by atoms with Crippen LogP contribution in [-0.4, -0.2) is 41.6 Å². The van der Waals surface area contributed by atoms with Gasteiger partial charge in [-0.3, -0.25) is 14.4 Å². The number of hydrogen-bond acceptors (Lipinski definition) is 5. The van der Waals surface area contributed by atoms with E-state index in [0.29, 0.717) is 35.5 Å². The molecule has 2 fully saturated rings. The third kappa shape index (κ3) is 3.75. The van der Waals surface area contributed by atoms with Gasteiger partial charge in [0.05, 0.1) is 18.2 Å². The molecule has 1 atom stereocenters. The molecular formula is C24H26N4O4. The average Bonchev–Trinajstić information content (AvgIpc) is 3.58. The van der Waals surface area contributed by atoms with Crippen LogP contribution in [0.4, 0.5) is 5.82 Å². The maximum atomic E-state index is 13.3. The van der Waals surface area contributed by atoms with Crippen LogP contribution < -0.4 is 16.2 Å². The third-order valence-corrected chi connectivity index (χ3v) is 6.42. The van der Waals surface area contributed by atoms with Gasteiger partial charge in [-0.25, -0.2) is 4.98 Å². The van der Waals surface area contributed by atoms with Gasteiger partial charge < -0.3 is 19.9 Å². The molecule has 1 saturated heterocycles. The van der Waals surface area contributed by atoms with Crippen molar-refractivity contribution in [3.05, 3.63) is 57.1 Å². The second kappa shape index (κ2) is 8.35. The fraction of sp³-hybridized carbons (Fsp3) is 0.417. The fourth-order valence-electron chi connectivity index (χ4n) is 4.47. The van der Waals surface area contributed by atoms with Crippen LogP contribution in [0.2, 0.25) is 0 Å². The highest BCUT2D eigenvalue weighted by atomic mass is 16.5. The average molecular weight is 434 g/mol. The minimum atomic E-state index is -0.254. The predicted octanol–water partition coefficient (Wildman–Crippen LogP) is 2.40. The smallest absolute Gasteiger partial charge is 0.258 e. The highest BCUT2D eigenvalue weighted by Gasteiger charge is 2.32. The number of fused-ring (bicyclic) bond motifs is 1. The lowest BCUT2D eigenvalue weighted by molar-refractivity contribution is -0.117. The molecule has 3 heterocycles. The Balaban J connectivity index is 1.52. The Labute approximate surface area is 185 Å². The molecule has 0 bridgehead atoms. The number of amides is 2. The highest BCUT2D eigenvalue weighted by molar-refractivity contribution is 6.04. The van der Waals surface area contributed by atoms with Crippen molar-refractivity contribution in [2.45, 2.75) is 38.1 Å². The summed E-state index contributed by atoms with van der Waals surface area (Å²) in [5.74, 6) is 0.211. The molecule has 0 unspecified atom stereocenters. The normalized spacial score (nSPS) is 19.8. The predicted molar refractivity (Wildman–Crippen MR) is 120 cm³/mol. The molecule has 8 nitrogen and oxygen atoms in total. The van der Waals surface area contributed by atoms with E-state index in [1.54, 1.807) is 11.6 Å². The number of nitrogens with one attached hydrogen (secondary N) is 2. The van der Waals surface area contributed by atoms with Gasteiger partial charge in [0.25, 0.3) is 11.5 Å². The van der Waals surface area contributed by atoms with Crippen LogP contribution in [0.25, 0.3) is 11.6 Å². The number of carbonyl (C=O) groups excluding carboxylic acids is 2. The Bertz CT molecular complexity index is 1170. The van der Waals surface area contributed by atoms with E-state index < -0.39 is 0 Å². The van der Waals surface area contributed by atoms with Gasteiger partial charge in [-0.2, -0.15) is 0 Å². The minimum absolute atomic E-state index is 0.0251. The molecule has 3 aliphatic rings. The molecule has 1 saturated carbocycles. The van der Waals surface area contributed by atoms with Gasteiger partial charge in [0.2, 0.25) is 5.91 Å². The Morgan fingerprint density at radius 3 is 2.81 bits per heavy atom. The first-order valence-electron chi connectivity index (χ1n) is 11.1. The number of nitrogens with zero attached hydrogens (tertiary/aromatic N) is 2. The van der Waals surface area contributed by atoms with Crippen LogP contribution in [0.5, 0.6) is 0 Å². The Kier molecular flexibility index (Phi) is 5.38. The monoisotopic (exact) mass is 434 g/mol. The van der Waals surface area contributed by atoms with E-state index in [1.807, 2.05) is 24.4 Å². The van der Waals surface area contributed by atoms with Gasteiger partial charge in [-0.1, -0.05) is 0 Å². The van der Waals surface area contributed by atoms with Crippen LogP contribution in [-0.2, 0) is 16.0 Å². The summed E-state index contributed by atoms with van der Waals surface area (Å²) in [7, 11) is 1.57. The van der Waals surface area contributed by atoms with Crippen molar-refractivity contribution in [2.24, 2.45) is 5.92 Å². The molecule has 1 aliphatic heterocycles. The summed E-state index contributed by atoms with van der Waals surface area (Å²) >= 11 is 0. The first kappa shape index (κ1) is 20.6. The zero-order valence-corrected chi connectivity index (χ0v) is 18.0. The van der Waals surface area contributed by atoms with Gasteiger partial charge >= 0.3 is 0 Å². The summed E-state index contributed by atoms with van der Waals surface area (Å²) in [5.41, 5.74) is 3.24. The third-order valence-electron chi connectivity index (χ3n) is 6.42. The van der Waals surface area contributed by atoms with Gasteiger partial charge in [0, 0.05) is 49.5 Å². The SMILES string of the molecule is CNC(=O)c1cnc(NC(=O)C2CC2)c2c1C=C(c1cccn([C@@H]3CCCOC3)c1=O)C2. The summed E-state index contributed by atoms with van der Waals surface area (Å²) in [4.78, 5) is 42.5. The maximum Gasteiger partial charge on any atom is 0.258 e. The zero-order valence-electron chi connectivity index (χ0n) is 18.0. The number of allylic oxidation sites excluding steroid dienone is 1. The van der Waals surface area contributed by atoms with E-state index in [0.717, 1.165) is 43.4 Å². The molecule has 0 radical (unpaired) electrons. The maximum absolute atomic E-state index is 13.3. The van der Waals surface area contributed by atoms with E-state index in [-0.39, 0.29) is 29.3 Å². The first-order chi connectivity index (χ1) is 15.6. The van der Waals surface area contributed by atoms with Crippen LogP contribution in [0.15, 0.2) is 29.3 Å². The van der Waals surface area contributed by atoms with E-state index in [4.69, 9.17) is 4.74 Å². The lowest BCUT2D eigenvalue weighted by atomic mass is 10.0. The number of carbonyl (C=O) groups is 2. The van der Waals surface area contributed by atoms with Gasteiger partial charge in [-0.15, -0.1) is 0 Å². The molecule has 2 aromatic rings. The molecular weight excluding hydrogens is 408 g/mol. The summed E-state index contributed by atoms with van der Waals surface area (Å²) in [5, 5.41) is 5.57. The Morgan fingerprint density at radius 2 is 2.09 bits per heavy atom. The molecule has 2 N–H and O–H groups in total. The summed E-state index contributed by atoms with van der Waals surface area (Å²) < 4.78 is 7.33. The molecule has 2 aromatic heterocycles. The number of aromatic nitrogens is 2. The molecule has 32 heavy (non-hydrogen) atoms. The van der Waals surface area contributed by atoms with Crippen molar-refractivity contribution in [1.29, 1.82) is 0 Å². The van der Waals surface area contributed by atoms with Crippen molar-refractivity contribution in [2.75, 3.05) is 25.6 Å². The molecule has 0 aromatic carbocycles. The summed E-state index contributed by atoms with van der Waals surface area (Å²) in [6.45, 7) is 1.26. The largest absolute Gasteiger partial charge is 0.379 e. The van der Waals surface area contributed by atoms with Crippen LogP contribution >= 0.6 is 0 Å². The van der Waals surface area contributed by atoms with Crippen molar-refractivity contribution in [1.82, 2.24) is 14.9 Å². The standard InChI is InChI=1S/C24H26N4O4/c1-25-23(30)20-12-26-21(27-22(29)14-6-7-14)19-11-15(10-18(19)20)17-5-2-8-28(24(17)31)16-4-3-9-32-13-16/h2,5,8,10,12,14,16H,3-4,6-7,9,11,13H2,1H3,(H,25,30)(H,26,27,29)/t16-/m1/s1.